The smallest absolute Gasteiger partial charge is 0.307 e. The van der Waals surface area contributed by atoms with E-state index in [0.29, 0.717) is 11.3 Å². The lowest BCUT2D eigenvalue weighted by molar-refractivity contribution is 0.0975. The molecule has 0 fully saturated rings. The maximum atomic E-state index is 12.0. The Morgan fingerprint density at radius 1 is 0.913 bits per heavy atom. The number of thiocarbonyl (C=S) groups is 1. The molecule has 118 valence electrons. The Balaban J connectivity index is 1.80. The van der Waals surface area contributed by atoms with Crippen LogP contribution in [0.1, 0.15) is 10.4 Å². The minimum absolute atomic E-state index is 0.00198. The fourth-order valence-electron chi connectivity index (χ4n) is 1.64. The van der Waals surface area contributed by atoms with Gasteiger partial charge in [-0.05, 0) is 59.1 Å². The standard InChI is InChI=1S/C15H13IN4O2S/c16-12-9-5-4-8-11(12)13(21)18-15(23)20-19-14(22)17-10-6-2-1-3-7-10/h1-9H,(H2,17,19,22)(H2,18,20,21,23). The second kappa shape index (κ2) is 8.44. The van der Waals surface area contributed by atoms with Crippen molar-refractivity contribution < 1.29 is 9.59 Å². The maximum Gasteiger partial charge on any atom is 0.337 e. The number of anilines is 1. The Kier molecular flexibility index (Phi) is 6.29. The molecule has 23 heavy (non-hydrogen) atoms. The maximum absolute atomic E-state index is 12.0. The predicted octanol–water partition coefficient (Wildman–Crippen LogP) is 2.63. The van der Waals surface area contributed by atoms with Crippen molar-refractivity contribution in [2.75, 3.05) is 5.32 Å². The van der Waals surface area contributed by atoms with Crippen molar-refractivity contribution >= 4 is 57.5 Å². The summed E-state index contributed by atoms with van der Waals surface area (Å²) in [5.41, 5.74) is 5.95. The molecular weight excluding hydrogens is 427 g/mol. The summed E-state index contributed by atoms with van der Waals surface area (Å²) >= 11 is 7.03. The Bertz CT molecular complexity index is 724. The molecule has 0 heterocycles. The van der Waals surface area contributed by atoms with Crippen molar-refractivity contribution in [3.8, 4) is 0 Å². The Morgan fingerprint density at radius 2 is 1.57 bits per heavy atom. The molecule has 0 saturated carbocycles. The van der Waals surface area contributed by atoms with Crippen molar-refractivity contribution in [3.05, 3.63) is 63.7 Å². The largest absolute Gasteiger partial charge is 0.337 e. The van der Waals surface area contributed by atoms with E-state index in [1.807, 2.05) is 18.2 Å². The van der Waals surface area contributed by atoms with Crippen LogP contribution in [0.4, 0.5) is 10.5 Å². The molecule has 0 aliphatic carbocycles. The fourth-order valence-corrected chi connectivity index (χ4v) is 2.42. The number of carbonyl (C=O) groups excluding carboxylic acids is 2. The van der Waals surface area contributed by atoms with Crippen LogP contribution in [0.15, 0.2) is 54.6 Å². The van der Waals surface area contributed by atoms with Crippen LogP contribution >= 0.6 is 34.8 Å². The zero-order valence-corrected chi connectivity index (χ0v) is 14.8. The molecule has 0 atom stereocenters. The van der Waals surface area contributed by atoms with Gasteiger partial charge in [-0.25, -0.2) is 10.2 Å². The highest BCUT2D eigenvalue weighted by Crippen LogP contribution is 2.10. The molecule has 2 rings (SSSR count). The number of benzene rings is 2. The third-order valence-electron chi connectivity index (χ3n) is 2.67. The first-order valence-corrected chi connectivity index (χ1v) is 8.03. The predicted molar refractivity (Wildman–Crippen MR) is 101 cm³/mol. The van der Waals surface area contributed by atoms with E-state index >= 15 is 0 Å². The zero-order valence-electron chi connectivity index (χ0n) is 11.8. The summed E-state index contributed by atoms with van der Waals surface area (Å²) in [4.78, 5) is 23.7. The molecule has 4 N–H and O–H groups in total. The highest BCUT2D eigenvalue weighted by molar-refractivity contribution is 14.1. The second-order valence-corrected chi connectivity index (χ2v) is 5.90. The van der Waals surface area contributed by atoms with E-state index in [-0.39, 0.29) is 11.0 Å². The molecule has 0 radical (unpaired) electrons. The molecule has 0 spiro atoms. The molecule has 2 aromatic carbocycles. The number of amides is 3. The van der Waals surface area contributed by atoms with Crippen LogP contribution in [-0.2, 0) is 0 Å². The lowest BCUT2D eigenvalue weighted by Gasteiger charge is -2.12. The van der Waals surface area contributed by atoms with Crippen LogP contribution in [0.2, 0.25) is 0 Å². The number of hydrazine groups is 1. The Labute approximate surface area is 152 Å². The molecule has 2 aromatic rings. The van der Waals surface area contributed by atoms with Gasteiger partial charge in [0.15, 0.2) is 5.11 Å². The van der Waals surface area contributed by atoms with Gasteiger partial charge in [-0.1, -0.05) is 30.3 Å². The monoisotopic (exact) mass is 440 g/mol. The van der Waals surface area contributed by atoms with Gasteiger partial charge in [-0.15, -0.1) is 0 Å². The van der Waals surface area contributed by atoms with Gasteiger partial charge in [-0.2, -0.15) is 0 Å². The van der Waals surface area contributed by atoms with Gasteiger partial charge < -0.3 is 5.32 Å². The molecule has 6 nitrogen and oxygen atoms in total. The molecular formula is C15H13IN4O2S. The lowest BCUT2D eigenvalue weighted by Crippen LogP contribution is -2.49. The van der Waals surface area contributed by atoms with Crippen molar-refractivity contribution in [2.45, 2.75) is 0 Å². The number of halogens is 1. The van der Waals surface area contributed by atoms with E-state index in [1.54, 1.807) is 36.4 Å². The summed E-state index contributed by atoms with van der Waals surface area (Å²) in [6.07, 6.45) is 0. The van der Waals surface area contributed by atoms with E-state index in [0.717, 1.165) is 3.57 Å². The van der Waals surface area contributed by atoms with Crippen LogP contribution in [0.25, 0.3) is 0 Å². The molecule has 0 aliphatic rings. The third-order valence-corrected chi connectivity index (χ3v) is 3.81. The molecule has 0 saturated heterocycles. The molecule has 0 aliphatic heterocycles. The van der Waals surface area contributed by atoms with Crippen molar-refractivity contribution in [3.63, 3.8) is 0 Å². The van der Waals surface area contributed by atoms with Crippen LogP contribution < -0.4 is 21.5 Å². The topological polar surface area (TPSA) is 82.3 Å². The van der Waals surface area contributed by atoms with Gasteiger partial charge in [0.05, 0.1) is 5.56 Å². The summed E-state index contributed by atoms with van der Waals surface area (Å²) in [5.74, 6) is -0.349. The minimum atomic E-state index is -0.498. The highest BCUT2D eigenvalue weighted by Gasteiger charge is 2.11. The van der Waals surface area contributed by atoms with Crippen LogP contribution in [0.5, 0.6) is 0 Å². The van der Waals surface area contributed by atoms with Gasteiger partial charge in [0, 0.05) is 9.26 Å². The van der Waals surface area contributed by atoms with Crippen LogP contribution in [0.3, 0.4) is 0 Å². The SMILES string of the molecule is O=C(NNC(=S)NC(=O)c1ccccc1I)Nc1ccccc1. The minimum Gasteiger partial charge on any atom is -0.307 e. The van der Waals surface area contributed by atoms with Crippen molar-refractivity contribution in [1.29, 1.82) is 0 Å². The number of hydrogen-bond acceptors (Lipinski definition) is 3. The first-order chi connectivity index (χ1) is 11.1. The van der Waals surface area contributed by atoms with Gasteiger partial charge in [0.25, 0.3) is 5.91 Å². The summed E-state index contributed by atoms with van der Waals surface area (Å²) in [7, 11) is 0. The van der Waals surface area contributed by atoms with Crippen molar-refractivity contribution in [2.24, 2.45) is 0 Å². The van der Waals surface area contributed by atoms with Gasteiger partial charge in [-0.3, -0.25) is 15.5 Å². The first kappa shape index (κ1) is 17.2. The number of urea groups is 1. The quantitative estimate of drug-likeness (QED) is 0.329. The molecule has 0 aromatic heterocycles. The zero-order chi connectivity index (χ0) is 16.7. The summed E-state index contributed by atoms with van der Waals surface area (Å²) in [6.45, 7) is 0. The summed E-state index contributed by atoms with van der Waals surface area (Å²) < 4.78 is 0.806. The average molecular weight is 440 g/mol. The van der Waals surface area contributed by atoms with Gasteiger partial charge >= 0.3 is 6.03 Å². The summed E-state index contributed by atoms with van der Waals surface area (Å²) in [5, 5.41) is 5.09. The normalized spacial score (nSPS) is 9.61. The fraction of sp³-hybridized carbons (Fsp3) is 0. The van der Waals surface area contributed by atoms with E-state index in [4.69, 9.17) is 12.2 Å². The number of nitrogens with one attached hydrogen (secondary N) is 4. The van der Waals surface area contributed by atoms with Gasteiger partial charge in [0.1, 0.15) is 0 Å². The molecule has 0 unspecified atom stereocenters. The summed E-state index contributed by atoms with van der Waals surface area (Å²) in [6, 6.07) is 15.5. The van der Waals surface area contributed by atoms with E-state index in [1.165, 1.54) is 0 Å². The highest BCUT2D eigenvalue weighted by atomic mass is 127. The number of rotatable bonds is 2. The third kappa shape index (κ3) is 5.49. The Hall–Kier alpha value is -2.20. The van der Waals surface area contributed by atoms with Crippen molar-refractivity contribution in [1.82, 2.24) is 16.2 Å². The van der Waals surface area contributed by atoms with E-state index < -0.39 is 6.03 Å². The van der Waals surface area contributed by atoms with E-state index in [9.17, 15) is 9.59 Å². The van der Waals surface area contributed by atoms with E-state index in [2.05, 4.69) is 44.1 Å². The van der Waals surface area contributed by atoms with Crippen LogP contribution in [0, 0.1) is 3.57 Å². The Morgan fingerprint density at radius 3 is 2.26 bits per heavy atom. The number of carbonyl (C=O) groups is 2. The molecule has 0 bridgehead atoms. The number of para-hydroxylation sites is 1. The molecule has 3 amide bonds. The first-order valence-electron chi connectivity index (χ1n) is 6.54. The second-order valence-electron chi connectivity index (χ2n) is 4.33. The van der Waals surface area contributed by atoms with Crippen LogP contribution in [-0.4, -0.2) is 17.1 Å². The number of hydrogen-bond donors (Lipinski definition) is 4. The average Bonchev–Trinajstić information content (AvgIpc) is 2.54. The van der Waals surface area contributed by atoms with Gasteiger partial charge in [0.2, 0.25) is 0 Å². The lowest BCUT2D eigenvalue weighted by atomic mass is 10.2. The molecule has 8 heteroatoms.